The van der Waals surface area contributed by atoms with Gasteiger partial charge in [0, 0.05) is 20.2 Å². The molecule has 0 radical (unpaired) electrons. The first-order valence-corrected chi connectivity index (χ1v) is 5.54. The lowest BCUT2D eigenvalue weighted by molar-refractivity contribution is -0.143. The van der Waals surface area contributed by atoms with Crippen molar-refractivity contribution in [2.45, 2.75) is 19.3 Å². The fourth-order valence-electron chi connectivity index (χ4n) is 1.72. The number of carbonyl (C=O) groups is 2. The molecule has 1 fully saturated rings. The van der Waals surface area contributed by atoms with E-state index in [1.165, 1.54) is 7.11 Å². The highest BCUT2D eigenvalue weighted by Crippen LogP contribution is 2.15. The number of amides is 1. The molecule has 16 heavy (non-hydrogen) atoms. The lowest BCUT2D eigenvalue weighted by Crippen LogP contribution is -2.38. The Bertz CT molecular complexity index is 248. The van der Waals surface area contributed by atoms with Crippen molar-refractivity contribution in [1.82, 2.24) is 4.90 Å². The van der Waals surface area contributed by atoms with Gasteiger partial charge in [-0.05, 0) is 12.8 Å². The lowest BCUT2D eigenvalue weighted by Gasteiger charge is -2.26. The van der Waals surface area contributed by atoms with Gasteiger partial charge in [0.2, 0.25) is 5.91 Å². The van der Waals surface area contributed by atoms with E-state index < -0.39 is 0 Å². The molecule has 0 saturated carbocycles. The van der Waals surface area contributed by atoms with Crippen molar-refractivity contribution in [3.8, 4) is 0 Å². The number of ether oxygens (including phenoxy) is 2. The van der Waals surface area contributed by atoms with Gasteiger partial charge in [-0.25, -0.2) is 0 Å². The second-order valence-corrected chi connectivity index (χ2v) is 4.00. The second kappa shape index (κ2) is 6.48. The molecule has 1 aliphatic heterocycles. The van der Waals surface area contributed by atoms with E-state index in [9.17, 15) is 9.59 Å². The van der Waals surface area contributed by atoms with Crippen molar-refractivity contribution in [2.75, 3.05) is 33.9 Å². The van der Waals surface area contributed by atoms with Gasteiger partial charge in [0.15, 0.2) is 0 Å². The van der Waals surface area contributed by atoms with Crippen LogP contribution >= 0.6 is 0 Å². The molecule has 0 bridgehead atoms. The number of esters is 1. The Hall–Kier alpha value is -1.10. The van der Waals surface area contributed by atoms with Crippen LogP contribution in [0, 0.1) is 5.92 Å². The molecule has 1 aliphatic rings. The zero-order chi connectivity index (χ0) is 12.0. The van der Waals surface area contributed by atoms with Crippen LogP contribution in [-0.4, -0.2) is 50.7 Å². The molecule has 92 valence electrons. The molecule has 0 aromatic carbocycles. The zero-order valence-electron chi connectivity index (χ0n) is 9.90. The summed E-state index contributed by atoms with van der Waals surface area (Å²) in [6.45, 7) is 1.65. The summed E-state index contributed by atoms with van der Waals surface area (Å²) >= 11 is 0. The molecule has 1 unspecified atom stereocenters. The summed E-state index contributed by atoms with van der Waals surface area (Å²) in [5.74, 6) is -0.278. The van der Waals surface area contributed by atoms with Gasteiger partial charge in [0.1, 0.15) is 0 Å². The van der Waals surface area contributed by atoms with Crippen LogP contribution in [0.4, 0.5) is 0 Å². The van der Waals surface area contributed by atoms with Crippen LogP contribution in [0.3, 0.4) is 0 Å². The van der Waals surface area contributed by atoms with E-state index in [1.54, 1.807) is 11.9 Å². The van der Waals surface area contributed by atoms with Crippen LogP contribution in [-0.2, 0) is 19.1 Å². The molecule has 0 N–H and O–H groups in total. The maximum absolute atomic E-state index is 11.9. The van der Waals surface area contributed by atoms with Crippen LogP contribution in [0.25, 0.3) is 0 Å². The van der Waals surface area contributed by atoms with Gasteiger partial charge in [-0.15, -0.1) is 0 Å². The van der Waals surface area contributed by atoms with Crippen molar-refractivity contribution in [3.05, 3.63) is 0 Å². The average Bonchev–Trinajstić information content (AvgIpc) is 2.35. The first-order valence-electron chi connectivity index (χ1n) is 5.54. The summed E-state index contributed by atoms with van der Waals surface area (Å²) in [5, 5.41) is 0. The average molecular weight is 229 g/mol. The Morgan fingerprint density at radius 3 is 2.81 bits per heavy atom. The third-order valence-corrected chi connectivity index (χ3v) is 2.76. The summed E-state index contributed by atoms with van der Waals surface area (Å²) < 4.78 is 9.79. The van der Waals surface area contributed by atoms with Crippen LogP contribution in [0.1, 0.15) is 19.3 Å². The molecule has 1 heterocycles. The molecule has 5 nitrogen and oxygen atoms in total. The van der Waals surface area contributed by atoms with Crippen molar-refractivity contribution in [1.29, 1.82) is 0 Å². The van der Waals surface area contributed by atoms with E-state index >= 15 is 0 Å². The monoisotopic (exact) mass is 229 g/mol. The Labute approximate surface area is 95.7 Å². The first kappa shape index (κ1) is 13.0. The topological polar surface area (TPSA) is 55.8 Å². The number of hydrogen-bond acceptors (Lipinski definition) is 4. The van der Waals surface area contributed by atoms with Gasteiger partial charge in [-0.1, -0.05) is 0 Å². The number of rotatable bonds is 4. The van der Waals surface area contributed by atoms with E-state index in [1.807, 2.05) is 0 Å². The highest BCUT2D eigenvalue weighted by molar-refractivity contribution is 5.79. The van der Waals surface area contributed by atoms with Crippen LogP contribution in [0.2, 0.25) is 0 Å². The van der Waals surface area contributed by atoms with E-state index in [2.05, 4.69) is 4.74 Å². The van der Waals surface area contributed by atoms with Crippen molar-refractivity contribution in [2.24, 2.45) is 5.92 Å². The number of nitrogens with zero attached hydrogens (tertiary/aromatic N) is 1. The SMILES string of the molecule is COC(=O)CCN(C)C(=O)C1CCCOC1. The normalized spacial score (nSPS) is 20.2. The minimum Gasteiger partial charge on any atom is -0.469 e. The third-order valence-electron chi connectivity index (χ3n) is 2.76. The highest BCUT2D eigenvalue weighted by atomic mass is 16.5. The third kappa shape index (κ3) is 3.81. The summed E-state index contributed by atoms with van der Waals surface area (Å²) in [7, 11) is 3.05. The summed E-state index contributed by atoms with van der Waals surface area (Å²) in [5.41, 5.74) is 0. The molecule has 1 rings (SSSR count). The maximum atomic E-state index is 11.9. The van der Waals surface area contributed by atoms with Gasteiger partial charge in [-0.2, -0.15) is 0 Å². The molecular weight excluding hydrogens is 210 g/mol. The predicted octanol–water partition coefficient (Wildman–Crippen LogP) is 0.434. The number of hydrogen-bond donors (Lipinski definition) is 0. The van der Waals surface area contributed by atoms with Crippen molar-refractivity contribution < 1.29 is 19.1 Å². The summed E-state index contributed by atoms with van der Waals surface area (Å²) in [6.07, 6.45) is 2.05. The maximum Gasteiger partial charge on any atom is 0.307 e. The van der Waals surface area contributed by atoms with Crippen LogP contribution in [0.15, 0.2) is 0 Å². The molecular formula is C11H19NO4. The van der Waals surface area contributed by atoms with Gasteiger partial charge < -0.3 is 14.4 Å². The molecule has 1 amide bonds. The Kier molecular flexibility index (Phi) is 5.25. The number of methoxy groups -OCH3 is 1. The standard InChI is InChI=1S/C11H19NO4/c1-12(6-5-10(13)15-2)11(14)9-4-3-7-16-8-9/h9H,3-8H2,1-2H3. The minimum absolute atomic E-state index is 0.0450. The summed E-state index contributed by atoms with van der Waals surface area (Å²) in [6, 6.07) is 0. The van der Waals surface area contributed by atoms with Crippen LogP contribution in [0.5, 0.6) is 0 Å². The summed E-state index contributed by atoms with van der Waals surface area (Å²) in [4.78, 5) is 24.4. The molecule has 0 aromatic heterocycles. The van der Waals surface area contributed by atoms with Gasteiger partial charge in [0.25, 0.3) is 0 Å². The molecule has 0 spiro atoms. The van der Waals surface area contributed by atoms with E-state index in [-0.39, 0.29) is 24.2 Å². The van der Waals surface area contributed by atoms with Crippen LogP contribution < -0.4 is 0 Å². The number of carbonyl (C=O) groups excluding carboxylic acids is 2. The molecule has 1 atom stereocenters. The van der Waals surface area contributed by atoms with Crippen molar-refractivity contribution in [3.63, 3.8) is 0 Å². The molecule has 1 saturated heterocycles. The minimum atomic E-state index is -0.292. The zero-order valence-corrected chi connectivity index (χ0v) is 9.90. The first-order chi connectivity index (χ1) is 7.65. The molecule has 0 aliphatic carbocycles. The lowest BCUT2D eigenvalue weighted by atomic mass is 10.0. The Morgan fingerprint density at radius 2 is 2.25 bits per heavy atom. The van der Waals surface area contributed by atoms with Gasteiger partial charge in [-0.3, -0.25) is 9.59 Å². The quantitative estimate of drug-likeness (QED) is 0.656. The second-order valence-electron chi connectivity index (χ2n) is 4.00. The Morgan fingerprint density at radius 1 is 1.50 bits per heavy atom. The molecule has 0 aromatic rings. The van der Waals surface area contributed by atoms with Crippen molar-refractivity contribution >= 4 is 11.9 Å². The Balaban J connectivity index is 2.31. The smallest absolute Gasteiger partial charge is 0.307 e. The fraction of sp³-hybridized carbons (Fsp3) is 0.818. The van der Waals surface area contributed by atoms with E-state index in [0.717, 1.165) is 19.4 Å². The van der Waals surface area contributed by atoms with E-state index in [0.29, 0.717) is 13.2 Å². The fourth-order valence-corrected chi connectivity index (χ4v) is 1.72. The van der Waals surface area contributed by atoms with Gasteiger partial charge >= 0.3 is 5.97 Å². The van der Waals surface area contributed by atoms with E-state index in [4.69, 9.17) is 4.74 Å². The largest absolute Gasteiger partial charge is 0.469 e. The molecule has 5 heteroatoms. The van der Waals surface area contributed by atoms with Gasteiger partial charge in [0.05, 0.1) is 26.1 Å². The highest BCUT2D eigenvalue weighted by Gasteiger charge is 2.24. The predicted molar refractivity (Wildman–Crippen MR) is 57.8 cm³/mol.